The normalized spacial score (nSPS) is 13.1. The van der Waals surface area contributed by atoms with Crippen LogP contribution in [-0.4, -0.2) is 29.1 Å². The van der Waals surface area contributed by atoms with Crippen molar-refractivity contribution in [2.45, 2.75) is 11.6 Å². The molecule has 0 fully saturated rings. The van der Waals surface area contributed by atoms with Gasteiger partial charge in [-0.15, -0.1) is 10.2 Å². The zero-order valence-corrected chi connectivity index (χ0v) is 13.3. The lowest BCUT2D eigenvalue weighted by Gasteiger charge is -2.17. The first-order chi connectivity index (χ1) is 11.2. The number of aromatic nitrogens is 3. The Hall–Kier alpha value is -2.86. The maximum absolute atomic E-state index is 9.00. The lowest BCUT2D eigenvalue weighted by molar-refractivity contribution is 0.354. The van der Waals surface area contributed by atoms with E-state index in [1.54, 1.807) is 18.9 Å². The van der Waals surface area contributed by atoms with Crippen molar-refractivity contribution in [3.05, 3.63) is 40.3 Å². The number of thioether (sulfide) groups is 1. The summed E-state index contributed by atoms with van der Waals surface area (Å²) in [6.07, 6.45) is 0.524. The highest BCUT2D eigenvalue weighted by Crippen LogP contribution is 2.31. The van der Waals surface area contributed by atoms with Crippen molar-refractivity contribution in [2.75, 3.05) is 19.6 Å². The van der Waals surface area contributed by atoms with Crippen LogP contribution in [0.2, 0.25) is 0 Å². The van der Waals surface area contributed by atoms with Crippen LogP contribution in [0.1, 0.15) is 11.4 Å². The number of nitriles is 1. The summed E-state index contributed by atoms with van der Waals surface area (Å²) in [4.78, 5) is 0.377. The first kappa shape index (κ1) is 15.1. The van der Waals surface area contributed by atoms with Gasteiger partial charge in [-0.25, -0.2) is 4.68 Å². The van der Waals surface area contributed by atoms with E-state index in [9.17, 15) is 0 Å². The van der Waals surface area contributed by atoms with Gasteiger partial charge in [0.15, 0.2) is 17.3 Å². The van der Waals surface area contributed by atoms with Crippen molar-refractivity contribution < 1.29 is 9.47 Å². The molecule has 0 spiro atoms. The number of hydrogen-bond donors (Lipinski definition) is 2. The molecule has 2 heterocycles. The molecule has 3 N–H and O–H groups in total. The lowest BCUT2D eigenvalue weighted by atomic mass is 10.1. The van der Waals surface area contributed by atoms with Gasteiger partial charge in [0.05, 0.1) is 14.2 Å². The molecule has 23 heavy (non-hydrogen) atoms. The Bertz CT molecular complexity index is 823. The first-order valence-corrected chi connectivity index (χ1v) is 7.47. The van der Waals surface area contributed by atoms with Gasteiger partial charge in [0.2, 0.25) is 5.16 Å². The molecule has 1 aromatic heterocycles. The van der Waals surface area contributed by atoms with Crippen LogP contribution in [0.3, 0.4) is 0 Å². The molecule has 0 aliphatic carbocycles. The monoisotopic (exact) mass is 330 g/mol. The van der Waals surface area contributed by atoms with Crippen molar-refractivity contribution >= 4 is 11.8 Å². The van der Waals surface area contributed by atoms with Crippen molar-refractivity contribution in [1.29, 1.82) is 5.26 Å². The van der Waals surface area contributed by atoms with E-state index in [0.29, 0.717) is 39.6 Å². The summed E-state index contributed by atoms with van der Waals surface area (Å²) in [6, 6.07) is 7.68. The van der Waals surface area contributed by atoms with Crippen LogP contribution < -0.4 is 20.6 Å². The summed E-state index contributed by atoms with van der Waals surface area (Å²) in [6.45, 7) is 0. The number of rotatable bonds is 4. The number of fused-ring (bicyclic) bond motifs is 1. The Kier molecular flexibility index (Phi) is 3.99. The third kappa shape index (κ3) is 2.76. The summed E-state index contributed by atoms with van der Waals surface area (Å²) in [7, 11) is 3.18. The Balaban J connectivity index is 1.87. The van der Waals surface area contributed by atoms with E-state index in [0.717, 1.165) is 5.56 Å². The van der Waals surface area contributed by atoms with E-state index in [-0.39, 0.29) is 0 Å². The molecule has 0 amide bonds. The first-order valence-electron chi connectivity index (χ1n) is 6.66. The van der Waals surface area contributed by atoms with E-state index < -0.39 is 0 Å². The van der Waals surface area contributed by atoms with Crippen LogP contribution >= 0.6 is 11.8 Å². The van der Waals surface area contributed by atoms with Gasteiger partial charge in [-0.1, -0.05) is 6.07 Å². The third-order valence-electron chi connectivity index (χ3n) is 3.28. The highest BCUT2D eigenvalue weighted by atomic mass is 32.2. The van der Waals surface area contributed by atoms with Crippen LogP contribution in [-0.2, 0) is 6.42 Å². The summed E-state index contributed by atoms with van der Waals surface area (Å²) in [5, 5.41) is 17.8. The van der Waals surface area contributed by atoms with Gasteiger partial charge in [-0.3, -0.25) is 5.43 Å². The van der Waals surface area contributed by atoms with Gasteiger partial charge in [0.25, 0.3) is 0 Å². The van der Waals surface area contributed by atoms with Crippen LogP contribution in [0.15, 0.2) is 34.1 Å². The second kappa shape index (κ2) is 6.10. The second-order valence-electron chi connectivity index (χ2n) is 4.67. The molecular formula is C14H14N6O2S. The number of nitrogens with zero attached hydrogens (tertiary/aromatic N) is 4. The topological polar surface area (TPSA) is 111 Å². The van der Waals surface area contributed by atoms with Crippen molar-refractivity contribution in [3.8, 4) is 17.6 Å². The van der Waals surface area contributed by atoms with Gasteiger partial charge in [-0.2, -0.15) is 5.26 Å². The van der Waals surface area contributed by atoms with E-state index in [2.05, 4.69) is 15.6 Å². The van der Waals surface area contributed by atoms with Crippen LogP contribution in [0, 0.1) is 11.3 Å². The number of nitrogens with two attached hydrogens (primary N) is 1. The standard InChI is InChI=1S/C14H14N6O2S/c1-21-9-4-3-8(5-10(9)22-2)6-12-17-18-14-20(12)19-13(16)11(7-15)23-14/h3-5,19H,6,16H2,1-2H3. The number of ether oxygens (including phenoxy) is 2. The molecule has 3 rings (SSSR count). The number of methoxy groups -OCH3 is 2. The zero-order chi connectivity index (χ0) is 16.4. The fourth-order valence-corrected chi connectivity index (χ4v) is 2.87. The molecule has 8 nitrogen and oxygen atoms in total. The van der Waals surface area contributed by atoms with Crippen molar-refractivity contribution in [3.63, 3.8) is 0 Å². The van der Waals surface area contributed by atoms with Gasteiger partial charge in [0, 0.05) is 6.42 Å². The Labute approximate surface area is 136 Å². The average molecular weight is 330 g/mol. The maximum atomic E-state index is 9.00. The molecule has 1 aromatic carbocycles. The van der Waals surface area contributed by atoms with Crippen LogP contribution in [0.25, 0.3) is 0 Å². The highest BCUT2D eigenvalue weighted by molar-refractivity contribution is 8.03. The predicted octanol–water partition coefficient (Wildman–Crippen LogP) is 1.19. The molecule has 9 heteroatoms. The molecule has 1 aliphatic heterocycles. The third-order valence-corrected chi connectivity index (χ3v) is 4.24. The Morgan fingerprint density at radius 1 is 1.30 bits per heavy atom. The molecule has 0 radical (unpaired) electrons. The molecule has 0 saturated heterocycles. The van der Waals surface area contributed by atoms with E-state index in [4.69, 9.17) is 20.5 Å². The molecule has 1 aliphatic rings. The quantitative estimate of drug-likeness (QED) is 0.860. The smallest absolute Gasteiger partial charge is 0.215 e. The molecular weight excluding hydrogens is 316 g/mol. The van der Waals surface area contributed by atoms with Crippen molar-refractivity contribution in [1.82, 2.24) is 14.9 Å². The van der Waals surface area contributed by atoms with Crippen LogP contribution in [0.5, 0.6) is 11.5 Å². The minimum Gasteiger partial charge on any atom is -0.493 e. The second-order valence-corrected chi connectivity index (χ2v) is 5.65. The number of benzene rings is 1. The fraction of sp³-hybridized carbons (Fsp3) is 0.214. The maximum Gasteiger partial charge on any atom is 0.215 e. The highest BCUT2D eigenvalue weighted by Gasteiger charge is 2.22. The summed E-state index contributed by atoms with van der Waals surface area (Å²) in [5.41, 5.74) is 9.74. The average Bonchev–Trinajstić information content (AvgIpc) is 2.95. The SMILES string of the molecule is COc1ccc(Cc2nnc3n2NC(N)=C(C#N)S3)cc1OC. The van der Waals surface area contributed by atoms with E-state index in [1.807, 2.05) is 24.3 Å². The van der Waals surface area contributed by atoms with Crippen LogP contribution in [0.4, 0.5) is 0 Å². The van der Waals surface area contributed by atoms with Gasteiger partial charge < -0.3 is 15.2 Å². The minimum atomic E-state index is 0.290. The van der Waals surface area contributed by atoms with Gasteiger partial charge >= 0.3 is 0 Å². The lowest BCUT2D eigenvalue weighted by Crippen LogP contribution is -2.26. The zero-order valence-electron chi connectivity index (χ0n) is 12.5. The van der Waals surface area contributed by atoms with Crippen molar-refractivity contribution in [2.24, 2.45) is 5.73 Å². The molecule has 0 saturated carbocycles. The Morgan fingerprint density at radius 2 is 2.09 bits per heavy atom. The Morgan fingerprint density at radius 3 is 2.78 bits per heavy atom. The van der Waals surface area contributed by atoms with Gasteiger partial charge in [0.1, 0.15) is 16.8 Å². The summed E-state index contributed by atoms with van der Waals surface area (Å²) < 4.78 is 12.2. The fourth-order valence-electron chi connectivity index (χ4n) is 2.17. The molecule has 0 unspecified atom stereocenters. The number of allylic oxidation sites excluding steroid dienone is 1. The minimum absolute atomic E-state index is 0.290. The molecule has 2 aromatic rings. The largest absolute Gasteiger partial charge is 0.493 e. The number of hydrogen-bond acceptors (Lipinski definition) is 8. The van der Waals surface area contributed by atoms with Gasteiger partial charge in [-0.05, 0) is 29.5 Å². The molecule has 118 valence electrons. The number of nitrogens with one attached hydrogen (secondary N) is 1. The summed E-state index contributed by atoms with van der Waals surface area (Å²) >= 11 is 1.19. The molecule has 0 bridgehead atoms. The van der Waals surface area contributed by atoms with E-state index >= 15 is 0 Å². The summed E-state index contributed by atoms with van der Waals surface area (Å²) in [5.74, 6) is 2.29. The predicted molar refractivity (Wildman–Crippen MR) is 84.4 cm³/mol. The molecule has 0 atom stereocenters. The van der Waals surface area contributed by atoms with E-state index in [1.165, 1.54) is 11.8 Å².